The van der Waals surface area contributed by atoms with Crippen LogP contribution >= 0.6 is 46.4 Å². The predicted molar refractivity (Wildman–Crippen MR) is 97.6 cm³/mol. The average molecular weight is 394 g/mol. The van der Waals surface area contributed by atoms with Crippen LogP contribution in [-0.4, -0.2) is 10.2 Å². The second-order valence-electron chi connectivity index (χ2n) is 5.66. The molecule has 23 heavy (non-hydrogen) atoms. The second-order valence-corrected chi connectivity index (χ2v) is 7.29. The first-order valence-corrected chi connectivity index (χ1v) is 8.59. The van der Waals surface area contributed by atoms with Gasteiger partial charge >= 0.3 is 0 Å². The number of aromatic hydroxyl groups is 2. The molecule has 0 unspecified atom stereocenters. The van der Waals surface area contributed by atoms with Crippen molar-refractivity contribution >= 4 is 46.4 Å². The molecule has 0 aromatic heterocycles. The zero-order valence-corrected chi connectivity index (χ0v) is 15.7. The summed E-state index contributed by atoms with van der Waals surface area (Å²) in [6, 6.07) is 6.75. The summed E-state index contributed by atoms with van der Waals surface area (Å²) in [5.74, 6) is -0.282. The highest BCUT2D eigenvalue weighted by Gasteiger charge is 2.31. The third-order valence-corrected chi connectivity index (χ3v) is 5.21. The second kappa shape index (κ2) is 6.98. The summed E-state index contributed by atoms with van der Waals surface area (Å²) in [4.78, 5) is 0. The fourth-order valence-electron chi connectivity index (χ4n) is 2.72. The van der Waals surface area contributed by atoms with Gasteiger partial charge in [-0.25, -0.2) is 0 Å². The summed E-state index contributed by atoms with van der Waals surface area (Å²) in [5, 5.41) is 20.3. The van der Waals surface area contributed by atoms with Crippen LogP contribution in [0.2, 0.25) is 20.1 Å². The summed E-state index contributed by atoms with van der Waals surface area (Å²) >= 11 is 24.3. The first kappa shape index (κ1) is 18.5. The number of benzene rings is 2. The van der Waals surface area contributed by atoms with Crippen LogP contribution in [0.3, 0.4) is 0 Å². The van der Waals surface area contributed by atoms with Crippen LogP contribution in [0.15, 0.2) is 24.3 Å². The molecule has 0 saturated heterocycles. The van der Waals surface area contributed by atoms with Crippen LogP contribution in [0.5, 0.6) is 11.5 Å². The summed E-state index contributed by atoms with van der Waals surface area (Å²) in [6.07, 6.45) is 1.67. The van der Waals surface area contributed by atoms with E-state index in [0.717, 1.165) is 24.0 Å². The van der Waals surface area contributed by atoms with Crippen molar-refractivity contribution in [3.63, 3.8) is 0 Å². The minimum Gasteiger partial charge on any atom is -0.505 e. The molecule has 2 aromatic carbocycles. The maximum absolute atomic E-state index is 9.78. The van der Waals surface area contributed by atoms with E-state index in [2.05, 4.69) is 6.92 Å². The molecule has 0 spiro atoms. The van der Waals surface area contributed by atoms with Crippen molar-refractivity contribution in [2.45, 2.75) is 32.1 Å². The van der Waals surface area contributed by atoms with E-state index in [1.165, 1.54) is 0 Å². The number of hydrogen-bond acceptors (Lipinski definition) is 2. The number of rotatable bonds is 4. The van der Waals surface area contributed by atoms with Crippen molar-refractivity contribution in [3.8, 4) is 11.5 Å². The van der Waals surface area contributed by atoms with Gasteiger partial charge in [0.1, 0.15) is 0 Å². The first-order chi connectivity index (χ1) is 10.7. The van der Waals surface area contributed by atoms with Crippen molar-refractivity contribution in [1.29, 1.82) is 0 Å². The molecule has 2 rings (SSSR count). The van der Waals surface area contributed by atoms with Gasteiger partial charge in [0.15, 0.2) is 11.5 Å². The number of phenolic OH excluding ortho intramolecular Hbond substituents is 2. The van der Waals surface area contributed by atoms with E-state index >= 15 is 0 Å². The molecule has 0 aliphatic heterocycles. The van der Waals surface area contributed by atoms with Gasteiger partial charge in [-0.1, -0.05) is 66.7 Å². The third-order valence-electron chi connectivity index (χ3n) is 4.06. The van der Waals surface area contributed by atoms with E-state index in [1.54, 1.807) is 24.3 Å². The topological polar surface area (TPSA) is 40.5 Å². The zero-order valence-electron chi connectivity index (χ0n) is 12.6. The Labute approximate surface area is 155 Å². The lowest BCUT2D eigenvalue weighted by atomic mass is 9.73. The molecule has 6 heteroatoms. The summed E-state index contributed by atoms with van der Waals surface area (Å²) in [6.45, 7) is 4.08. The molecule has 0 aliphatic rings. The fraction of sp³-hybridized carbons (Fsp3) is 0.294. The van der Waals surface area contributed by atoms with Gasteiger partial charge in [-0.15, -0.1) is 0 Å². The summed E-state index contributed by atoms with van der Waals surface area (Å²) in [7, 11) is 0. The largest absolute Gasteiger partial charge is 0.505 e. The van der Waals surface area contributed by atoms with E-state index in [4.69, 9.17) is 46.4 Å². The third kappa shape index (κ3) is 3.51. The van der Waals surface area contributed by atoms with E-state index in [9.17, 15) is 10.2 Å². The standard InChI is InChI=1S/C17H16Cl4O2/c1-3-4-17(2,9-5-11(18)15(22)12(19)6-9)10-7-13(20)16(23)14(21)8-10/h5-8,22-23H,3-4H2,1-2H3. The van der Waals surface area contributed by atoms with Gasteiger partial charge in [0.25, 0.3) is 0 Å². The predicted octanol–water partition coefficient (Wildman–Crippen LogP) is 6.82. The Morgan fingerprint density at radius 3 is 1.35 bits per heavy atom. The maximum atomic E-state index is 9.78. The Balaban J connectivity index is 2.69. The minimum atomic E-state index is -0.475. The number of hydrogen-bond donors (Lipinski definition) is 2. The molecule has 0 aliphatic carbocycles. The molecule has 124 valence electrons. The molecular formula is C17H16Cl4O2. The number of phenols is 2. The average Bonchev–Trinajstić information content (AvgIpc) is 2.49. The quantitative estimate of drug-likeness (QED) is 0.598. The minimum absolute atomic E-state index is 0.141. The SMILES string of the molecule is CCCC(C)(c1cc(Cl)c(O)c(Cl)c1)c1cc(Cl)c(O)c(Cl)c1. The number of halogens is 4. The highest BCUT2D eigenvalue weighted by Crippen LogP contribution is 2.45. The van der Waals surface area contributed by atoms with Crippen molar-refractivity contribution in [1.82, 2.24) is 0 Å². The Bertz CT molecular complexity index is 640. The molecule has 0 atom stereocenters. The van der Waals surface area contributed by atoms with Gasteiger partial charge in [-0.05, 0) is 41.8 Å². The summed E-state index contributed by atoms with van der Waals surface area (Å²) in [5.41, 5.74) is 1.20. The first-order valence-electron chi connectivity index (χ1n) is 7.07. The van der Waals surface area contributed by atoms with Crippen molar-refractivity contribution in [3.05, 3.63) is 55.5 Å². The van der Waals surface area contributed by atoms with E-state index in [-0.39, 0.29) is 31.6 Å². The monoisotopic (exact) mass is 392 g/mol. The summed E-state index contributed by atoms with van der Waals surface area (Å²) < 4.78 is 0. The van der Waals surface area contributed by atoms with Crippen LogP contribution in [0.1, 0.15) is 37.8 Å². The fourth-order valence-corrected chi connectivity index (χ4v) is 3.70. The lowest BCUT2D eigenvalue weighted by Gasteiger charge is -2.32. The van der Waals surface area contributed by atoms with Crippen LogP contribution in [0.25, 0.3) is 0 Å². The highest BCUT2D eigenvalue weighted by atomic mass is 35.5. The van der Waals surface area contributed by atoms with Crippen molar-refractivity contribution in [2.75, 3.05) is 0 Å². The van der Waals surface area contributed by atoms with Crippen LogP contribution in [-0.2, 0) is 5.41 Å². The van der Waals surface area contributed by atoms with E-state index in [0.29, 0.717) is 0 Å². The molecule has 2 nitrogen and oxygen atoms in total. The molecule has 0 saturated carbocycles. The Kier molecular flexibility index (Phi) is 5.63. The van der Waals surface area contributed by atoms with Gasteiger partial charge in [-0.3, -0.25) is 0 Å². The molecule has 2 N–H and O–H groups in total. The van der Waals surface area contributed by atoms with Gasteiger partial charge in [0, 0.05) is 5.41 Å². The zero-order chi connectivity index (χ0) is 17.4. The van der Waals surface area contributed by atoms with Crippen LogP contribution in [0.4, 0.5) is 0 Å². The van der Waals surface area contributed by atoms with Crippen molar-refractivity contribution in [2.24, 2.45) is 0 Å². The Hall–Kier alpha value is -0.800. The molecule has 0 fully saturated rings. The maximum Gasteiger partial charge on any atom is 0.152 e. The normalized spacial score (nSPS) is 11.7. The molecule has 0 radical (unpaired) electrons. The molecular weight excluding hydrogens is 378 g/mol. The van der Waals surface area contributed by atoms with Gasteiger partial charge in [0.2, 0.25) is 0 Å². The van der Waals surface area contributed by atoms with Crippen LogP contribution in [0, 0.1) is 0 Å². The van der Waals surface area contributed by atoms with Crippen LogP contribution < -0.4 is 0 Å². The molecule has 0 bridgehead atoms. The van der Waals surface area contributed by atoms with E-state index < -0.39 is 5.41 Å². The van der Waals surface area contributed by atoms with Gasteiger partial charge in [-0.2, -0.15) is 0 Å². The Morgan fingerprint density at radius 1 is 0.783 bits per heavy atom. The Morgan fingerprint density at radius 2 is 1.09 bits per heavy atom. The van der Waals surface area contributed by atoms with Gasteiger partial charge < -0.3 is 10.2 Å². The van der Waals surface area contributed by atoms with E-state index in [1.807, 2.05) is 6.92 Å². The van der Waals surface area contributed by atoms with Crippen molar-refractivity contribution < 1.29 is 10.2 Å². The molecule has 0 heterocycles. The highest BCUT2D eigenvalue weighted by molar-refractivity contribution is 6.37. The molecule has 2 aromatic rings. The lowest BCUT2D eigenvalue weighted by Crippen LogP contribution is -2.23. The van der Waals surface area contributed by atoms with Gasteiger partial charge in [0.05, 0.1) is 20.1 Å². The smallest absolute Gasteiger partial charge is 0.152 e. The molecule has 0 amide bonds. The lowest BCUT2D eigenvalue weighted by molar-refractivity contribution is 0.470.